The molecular weight excluding hydrogens is 412 g/mol. The Bertz CT molecular complexity index is 1050. The van der Waals surface area contributed by atoms with Gasteiger partial charge in [-0.2, -0.15) is 0 Å². The summed E-state index contributed by atoms with van der Waals surface area (Å²) in [7, 11) is 0. The maximum atomic E-state index is 12.9. The molecular formula is C28H32N2O3. The molecule has 0 atom stereocenters. The van der Waals surface area contributed by atoms with Gasteiger partial charge in [0.15, 0.2) is 0 Å². The minimum absolute atomic E-state index is 0.0437. The van der Waals surface area contributed by atoms with E-state index < -0.39 is 0 Å². The Labute approximate surface area is 196 Å². The number of nitrogens with one attached hydrogen (secondary N) is 1. The summed E-state index contributed by atoms with van der Waals surface area (Å²) in [6.45, 7) is 7.40. The van der Waals surface area contributed by atoms with Crippen molar-refractivity contribution in [2.75, 3.05) is 13.2 Å². The van der Waals surface area contributed by atoms with Crippen LogP contribution in [0.15, 0.2) is 78.9 Å². The highest BCUT2D eigenvalue weighted by atomic mass is 16.3. The van der Waals surface area contributed by atoms with Crippen molar-refractivity contribution in [1.29, 1.82) is 0 Å². The van der Waals surface area contributed by atoms with Crippen LogP contribution in [0.1, 0.15) is 58.2 Å². The number of hydrogen-bond acceptors (Lipinski definition) is 3. The Morgan fingerprint density at radius 2 is 1.42 bits per heavy atom. The van der Waals surface area contributed by atoms with E-state index in [1.54, 1.807) is 17.0 Å². The van der Waals surface area contributed by atoms with Gasteiger partial charge in [-0.05, 0) is 46.4 Å². The predicted molar refractivity (Wildman–Crippen MR) is 131 cm³/mol. The van der Waals surface area contributed by atoms with Gasteiger partial charge in [0.25, 0.3) is 11.8 Å². The number of hydrogen-bond donors (Lipinski definition) is 2. The van der Waals surface area contributed by atoms with E-state index in [0.717, 1.165) is 11.1 Å². The molecule has 0 saturated carbocycles. The van der Waals surface area contributed by atoms with Crippen molar-refractivity contribution in [3.63, 3.8) is 0 Å². The number of aliphatic hydroxyl groups excluding tert-OH is 1. The smallest absolute Gasteiger partial charge is 0.254 e. The summed E-state index contributed by atoms with van der Waals surface area (Å²) in [5.41, 5.74) is 4.31. The lowest BCUT2D eigenvalue weighted by molar-refractivity contribution is 0.0707. The van der Waals surface area contributed by atoms with Crippen LogP contribution in [-0.4, -0.2) is 35.0 Å². The molecule has 0 saturated heterocycles. The van der Waals surface area contributed by atoms with Gasteiger partial charge in [-0.25, -0.2) is 0 Å². The van der Waals surface area contributed by atoms with Crippen LogP contribution in [-0.2, 0) is 18.5 Å². The third-order valence-corrected chi connectivity index (χ3v) is 5.54. The quantitative estimate of drug-likeness (QED) is 0.536. The van der Waals surface area contributed by atoms with Crippen LogP contribution in [0.4, 0.5) is 0 Å². The molecule has 0 aromatic heterocycles. The monoisotopic (exact) mass is 444 g/mol. The summed E-state index contributed by atoms with van der Waals surface area (Å²) in [6, 6.07) is 24.6. The molecule has 33 heavy (non-hydrogen) atoms. The Morgan fingerprint density at radius 1 is 0.818 bits per heavy atom. The van der Waals surface area contributed by atoms with Gasteiger partial charge in [-0.1, -0.05) is 75.4 Å². The summed E-state index contributed by atoms with van der Waals surface area (Å²) in [5, 5.41) is 12.3. The highest BCUT2D eigenvalue weighted by molar-refractivity contribution is 5.95. The van der Waals surface area contributed by atoms with Crippen LogP contribution >= 0.6 is 0 Å². The number of amides is 2. The molecule has 3 aromatic rings. The van der Waals surface area contributed by atoms with Crippen LogP contribution in [0.25, 0.3) is 0 Å². The van der Waals surface area contributed by atoms with Crippen LogP contribution in [0, 0.1) is 0 Å². The van der Waals surface area contributed by atoms with Gasteiger partial charge in [0, 0.05) is 30.8 Å². The van der Waals surface area contributed by atoms with Crippen LogP contribution in [0.5, 0.6) is 0 Å². The van der Waals surface area contributed by atoms with Crippen LogP contribution in [0.3, 0.4) is 0 Å². The minimum atomic E-state index is -0.137. The molecule has 0 aliphatic heterocycles. The maximum absolute atomic E-state index is 12.9. The summed E-state index contributed by atoms with van der Waals surface area (Å²) in [5.74, 6) is -0.268. The SMILES string of the molecule is CC(C)(C)c1ccc(C(=O)NCc2ccc(C(=O)N(CCO)Cc3ccccc3)cc2)cc1. The van der Waals surface area contributed by atoms with Gasteiger partial charge < -0.3 is 15.3 Å². The van der Waals surface area contributed by atoms with Gasteiger partial charge in [-0.15, -0.1) is 0 Å². The molecule has 0 unspecified atom stereocenters. The second-order valence-electron chi connectivity index (χ2n) is 9.14. The Kier molecular flexibility index (Phi) is 8.01. The minimum Gasteiger partial charge on any atom is -0.395 e. The van der Waals surface area contributed by atoms with Gasteiger partial charge >= 0.3 is 0 Å². The fourth-order valence-corrected chi connectivity index (χ4v) is 3.53. The lowest BCUT2D eigenvalue weighted by atomic mass is 9.87. The summed E-state index contributed by atoms with van der Waals surface area (Å²) < 4.78 is 0. The molecule has 0 aliphatic rings. The zero-order valence-corrected chi connectivity index (χ0v) is 19.5. The summed E-state index contributed by atoms with van der Waals surface area (Å²) in [4.78, 5) is 27.1. The van der Waals surface area contributed by atoms with Crippen LogP contribution < -0.4 is 5.32 Å². The van der Waals surface area contributed by atoms with E-state index in [-0.39, 0.29) is 30.4 Å². The first-order valence-corrected chi connectivity index (χ1v) is 11.2. The first-order valence-electron chi connectivity index (χ1n) is 11.2. The lowest BCUT2D eigenvalue weighted by Crippen LogP contribution is -2.33. The van der Waals surface area contributed by atoms with E-state index in [2.05, 4.69) is 26.1 Å². The fraction of sp³-hybridized carbons (Fsp3) is 0.286. The number of benzene rings is 3. The number of nitrogens with zero attached hydrogens (tertiary/aromatic N) is 1. The zero-order chi connectivity index (χ0) is 23.8. The Morgan fingerprint density at radius 3 is 2.00 bits per heavy atom. The van der Waals surface area contributed by atoms with Crippen LogP contribution in [0.2, 0.25) is 0 Å². The molecule has 5 nitrogen and oxygen atoms in total. The Balaban J connectivity index is 1.59. The normalized spacial score (nSPS) is 11.2. The fourth-order valence-electron chi connectivity index (χ4n) is 3.53. The molecule has 0 fully saturated rings. The number of rotatable bonds is 8. The molecule has 0 spiro atoms. The molecule has 3 aromatic carbocycles. The Hall–Kier alpha value is -3.44. The van der Waals surface area contributed by atoms with E-state index in [1.807, 2.05) is 66.7 Å². The van der Waals surface area contributed by atoms with Crippen molar-refractivity contribution in [3.05, 3.63) is 107 Å². The van der Waals surface area contributed by atoms with Crippen molar-refractivity contribution in [3.8, 4) is 0 Å². The number of aliphatic hydroxyl groups is 1. The maximum Gasteiger partial charge on any atom is 0.254 e. The topological polar surface area (TPSA) is 69.6 Å². The average molecular weight is 445 g/mol. The van der Waals surface area contributed by atoms with Crippen molar-refractivity contribution in [2.24, 2.45) is 0 Å². The summed E-state index contributed by atoms with van der Waals surface area (Å²) >= 11 is 0. The van der Waals surface area contributed by atoms with Crippen molar-refractivity contribution < 1.29 is 14.7 Å². The molecule has 0 radical (unpaired) electrons. The largest absolute Gasteiger partial charge is 0.395 e. The first-order chi connectivity index (χ1) is 15.8. The number of carbonyl (C=O) groups excluding carboxylic acids is 2. The van der Waals surface area contributed by atoms with E-state index in [0.29, 0.717) is 24.2 Å². The standard InChI is InChI=1S/C28H32N2O3/c1-28(2,3)25-15-13-23(14-16-25)26(32)29-19-21-9-11-24(12-10-21)27(33)30(17-18-31)20-22-7-5-4-6-8-22/h4-16,31H,17-20H2,1-3H3,(H,29,32). The molecule has 2 N–H and O–H groups in total. The van der Waals surface area contributed by atoms with Gasteiger partial charge in [-0.3, -0.25) is 9.59 Å². The van der Waals surface area contributed by atoms with E-state index in [4.69, 9.17) is 0 Å². The lowest BCUT2D eigenvalue weighted by Gasteiger charge is -2.22. The van der Waals surface area contributed by atoms with Crippen molar-refractivity contribution in [1.82, 2.24) is 10.2 Å². The summed E-state index contributed by atoms with van der Waals surface area (Å²) in [6.07, 6.45) is 0. The zero-order valence-electron chi connectivity index (χ0n) is 19.5. The second-order valence-corrected chi connectivity index (χ2v) is 9.14. The molecule has 3 rings (SSSR count). The number of carbonyl (C=O) groups is 2. The third kappa shape index (κ3) is 6.77. The molecule has 5 heteroatoms. The molecule has 0 aliphatic carbocycles. The van der Waals surface area contributed by atoms with E-state index in [1.165, 1.54) is 5.56 Å². The van der Waals surface area contributed by atoms with Gasteiger partial charge in [0.05, 0.1) is 6.61 Å². The third-order valence-electron chi connectivity index (χ3n) is 5.54. The predicted octanol–water partition coefficient (Wildman–Crippen LogP) is 4.55. The molecule has 172 valence electrons. The highest BCUT2D eigenvalue weighted by Gasteiger charge is 2.16. The molecule has 0 heterocycles. The second kappa shape index (κ2) is 10.9. The van der Waals surface area contributed by atoms with Crippen molar-refractivity contribution >= 4 is 11.8 Å². The molecule has 2 amide bonds. The van der Waals surface area contributed by atoms with E-state index in [9.17, 15) is 14.7 Å². The van der Waals surface area contributed by atoms with Gasteiger partial charge in [0.1, 0.15) is 0 Å². The average Bonchev–Trinajstić information content (AvgIpc) is 2.82. The van der Waals surface area contributed by atoms with E-state index >= 15 is 0 Å². The molecule has 0 bridgehead atoms. The van der Waals surface area contributed by atoms with Gasteiger partial charge in [0.2, 0.25) is 0 Å². The van der Waals surface area contributed by atoms with Crippen molar-refractivity contribution in [2.45, 2.75) is 39.3 Å². The first kappa shape index (κ1) is 24.2. The highest BCUT2D eigenvalue weighted by Crippen LogP contribution is 2.22.